The number of amides is 1. The minimum atomic E-state index is -0.333. The highest BCUT2D eigenvalue weighted by molar-refractivity contribution is 5.94. The molecule has 0 N–H and O–H groups in total. The molecule has 0 aliphatic heterocycles. The van der Waals surface area contributed by atoms with Crippen molar-refractivity contribution >= 4 is 11.9 Å². The minimum absolute atomic E-state index is 0.193. The number of hydrogen-bond donors (Lipinski definition) is 0. The summed E-state index contributed by atoms with van der Waals surface area (Å²) in [6.45, 7) is 2.40. The molecule has 0 radical (unpaired) electrons. The van der Waals surface area contributed by atoms with Crippen LogP contribution in [-0.2, 0) is 20.9 Å². The number of nitrogens with zero attached hydrogens (tertiary/aromatic N) is 1. The monoisotopic (exact) mass is 347 g/mol. The van der Waals surface area contributed by atoms with Gasteiger partial charge in [-0.3, -0.25) is 9.59 Å². The molecular formula is C22H21NO3. The van der Waals surface area contributed by atoms with E-state index in [9.17, 15) is 9.59 Å². The van der Waals surface area contributed by atoms with E-state index in [4.69, 9.17) is 4.74 Å². The lowest BCUT2D eigenvalue weighted by atomic mass is 10.2. The van der Waals surface area contributed by atoms with Crippen molar-refractivity contribution in [1.82, 2.24) is 4.90 Å². The Balaban J connectivity index is 2.05. The largest absolute Gasteiger partial charge is 0.462 e. The molecule has 0 saturated carbocycles. The molecule has 0 aromatic heterocycles. The van der Waals surface area contributed by atoms with Crippen LogP contribution < -0.4 is 0 Å². The summed E-state index contributed by atoms with van der Waals surface area (Å²) in [5.41, 5.74) is 1.82. The third-order valence-corrected chi connectivity index (χ3v) is 3.47. The average molecular weight is 347 g/mol. The lowest BCUT2D eigenvalue weighted by molar-refractivity contribution is -0.139. The van der Waals surface area contributed by atoms with Crippen LogP contribution in [0.25, 0.3) is 0 Å². The van der Waals surface area contributed by atoms with Gasteiger partial charge in [-0.05, 0) is 23.8 Å². The van der Waals surface area contributed by atoms with Gasteiger partial charge >= 0.3 is 5.97 Å². The van der Waals surface area contributed by atoms with Gasteiger partial charge in [-0.15, -0.1) is 0 Å². The Kier molecular flexibility index (Phi) is 7.70. The van der Waals surface area contributed by atoms with E-state index in [0.717, 1.165) is 11.1 Å². The molecule has 2 aromatic carbocycles. The maximum atomic E-state index is 12.5. The van der Waals surface area contributed by atoms with Gasteiger partial charge in [0, 0.05) is 31.5 Å². The zero-order valence-corrected chi connectivity index (χ0v) is 14.7. The topological polar surface area (TPSA) is 46.6 Å². The molecule has 4 heteroatoms. The molecule has 1 amide bonds. The molecular weight excluding hydrogens is 326 g/mol. The summed E-state index contributed by atoms with van der Waals surface area (Å²) in [6.07, 6.45) is 3.52. The van der Waals surface area contributed by atoms with Crippen LogP contribution in [0.4, 0.5) is 0 Å². The molecule has 2 rings (SSSR count). The SMILES string of the molecule is CC(=O)OC/C=C\CN(Cc1ccccc1)C(=O)C#Cc1ccccc1. The molecule has 132 valence electrons. The van der Waals surface area contributed by atoms with Crippen LogP contribution in [0.1, 0.15) is 18.1 Å². The van der Waals surface area contributed by atoms with Gasteiger partial charge in [-0.25, -0.2) is 0 Å². The zero-order valence-electron chi connectivity index (χ0n) is 14.7. The van der Waals surface area contributed by atoms with Crippen LogP contribution in [0.3, 0.4) is 0 Å². The Bertz CT molecular complexity index is 802. The van der Waals surface area contributed by atoms with Crippen molar-refractivity contribution in [3.8, 4) is 11.8 Å². The van der Waals surface area contributed by atoms with E-state index in [0.29, 0.717) is 13.1 Å². The smallest absolute Gasteiger partial charge is 0.302 e. The fourth-order valence-corrected chi connectivity index (χ4v) is 2.18. The number of ether oxygens (including phenoxy) is 1. The molecule has 4 nitrogen and oxygen atoms in total. The molecule has 0 atom stereocenters. The molecule has 26 heavy (non-hydrogen) atoms. The van der Waals surface area contributed by atoms with Gasteiger partial charge in [0.05, 0.1) is 0 Å². The lowest BCUT2D eigenvalue weighted by Gasteiger charge is -2.18. The summed E-state index contributed by atoms with van der Waals surface area (Å²) >= 11 is 0. The van der Waals surface area contributed by atoms with E-state index < -0.39 is 0 Å². The number of esters is 1. The minimum Gasteiger partial charge on any atom is -0.462 e. The quantitative estimate of drug-likeness (QED) is 0.458. The maximum Gasteiger partial charge on any atom is 0.302 e. The molecule has 0 aliphatic rings. The highest BCUT2D eigenvalue weighted by Crippen LogP contribution is 2.05. The highest BCUT2D eigenvalue weighted by atomic mass is 16.5. The summed E-state index contributed by atoms with van der Waals surface area (Å²) in [6, 6.07) is 19.1. The first-order valence-corrected chi connectivity index (χ1v) is 8.33. The van der Waals surface area contributed by atoms with Gasteiger partial charge in [-0.1, -0.05) is 60.5 Å². The Morgan fingerprint density at radius 1 is 1.00 bits per heavy atom. The van der Waals surface area contributed by atoms with E-state index in [1.807, 2.05) is 60.7 Å². The van der Waals surface area contributed by atoms with Gasteiger partial charge in [0.1, 0.15) is 6.61 Å². The average Bonchev–Trinajstić information content (AvgIpc) is 2.66. The Hall–Kier alpha value is -3.32. The number of benzene rings is 2. The second-order valence-electron chi connectivity index (χ2n) is 5.56. The van der Waals surface area contributed by atoms with Gasteiger partial charge in [-0.2, -0.15) is 0 Å². The summed E-state index contributed by atoms with van der Waals surface area (Å²) in [4.78, 5) is 24.9. The Labute approximate surface area is 154 Å². The molecule has 0 fully saturated rings. The van der Waals surface area contributed by atoms with Gasteiger partial charge in [0.2, 0.25) is 0 Å². The van der Waals surface area contributed by atoms with E-state index in [1.165, 1.54) is 6.92 Å². The van der Waals surface area contributed by atoms with Crippen molar-refractivity contribution in [2.45, 2.75) is 13.5 Å². The second-order valence-corrected chi connectivity index (χ2v) is 5.56. The number of hydrogen-bond acceptors (Lipinski definition) is 3. The Morgan fingerprint density at radius 2 is 1.65 bits per heavy atom. The second kappa shape index (κ2) is 10.5. The lowest BCUT2D eigenvalue weighted by Crippen LogP contribution is -2.29. The van der Waals surface area contributed by atoms with Crippen LogP contribution >= 0.6 is 0 Å². The summed E-state index contributed by atoms with van der Waals surface area (Å²) in [7, 11) is 0. The third kappa shape index (κ3) is 7.06. The van der Waals surface area contributed by atoms with Crippen LogP contribution in [-0.4, -0.2) is 29.9 Å². The predicted octanol–water partition coefficient (Wildman–Crippen LogP) is 3.19. The van der Waals surface area contributed by atoms with Crippen LogP contribution in [0.15, 0.2) is 72.8 Å². The van der Waals surface area contributed by atoms with Crippen molar-refractivity contribution in [3.63, 3.8) is 0 Å². The predicted molar refractivity (Wildman–Crippen MR) is 101 cm³/mol. The molecule has 0 saturated heterocycles. The first kappa shape index (κ1) is 19.0. The summed E-state index contributed by atoms with van der Waals surface area (Å²) < 4.78 is 4.85. The fraction of sp³-hybridized carbons (Fsp3) is 0.182. The standard InChI is InChI=1S/C22H21NO3/c1-19(24)26-17-9-8-16-23(18-21-12-6-3-7-13-21)22(25)15-14-20-10-4-2-5-11-20/h2-13H,16-18H2,1H3/b9-8-. The van der Waals surface area contributed by atoms with Crippen molar-refractivity contribution in [2.24, 2.45) is 0 Å². The van der Waals surface area contributed by atoms with Crippen molar-refractivity contribution < 1.29 is 14.3 Å². The summed E-state index contributed by atoms with van der Waals surface area (Å²) in [5.74, 6) is 5.00. The van der Waals surface area contributed by atoms with Crippen molar-refractivity contribution in [3.05, 3.63) is 83.9 Å². The third-order valence-electron chi connectivity index (χ3n) is 3.47. The molecule has 0 spiro atoms. The van der Waals surface area contributed by atoms with Crippen LogP contribution in [0.2, 0.25) is 0 Å². The molecule has 2 aromatic rings. The van der Waals surface area contributed by atoms with E-state index in [2.05, 4.69) is 11.8 Å². The van der Waals surface area contributed by atoms with Crippen LogP contribution in [0, 0.1) is 11.8 Å². The maximum absolute atomic E-state index is 12.5. The number of carbonyl (C=O) groups is 2. The van der Waals surface area contributed by atoms with Gasteiger partial charge in [0.15, 0.2) is 0 Å². The molecule has 0 bridgehead atoms. The van der Waals surface area contributed by atoms with Crippen molar-refractivity contribution in [2.75, 3.05) is 13.2 Å². The zero-order chi connectivity index (χ0) is 18.6. The molecule has 0 unspecified atom stereocenters. The Morgan fingerprint density at radius 3 is 2.31 bits per heavy atom. The number of rotatable bonds is 6. The van der Waals surface area contributed by atoms with Gasteiger partial charge < -0.3 is 9.64 Å². The fourth-order valence-electron chi connectivity index (χ4n) is 2.18. The van der Waals surface area contributed by atoms with Crippen LogP contribution in [0.5, 0.6) is 0 Å². The van der Waals surface area contributed by atoms with E-state index >= 15 is 0 Å². The molecule has 0 heterocycles. The summed E-state index contributed by atoms with van der Waals surface area (Å²) in [5, 5.41) is 0. The molecule has 0 aliphatic carbocycles. The first-order valence-electron chi connectivity index (χ1n) is 8.33. The van der Waals surface area contributed by atoms with Crippen molar-refractivity contribution in [1.29, 1.82) is 0 Å². The normalized spacial score (nSPS) is 10.0. The van der Waals surface area contributed by atoms with E-state index in [1.54, 1.807) is 17.1 Å². The number of carbonyl (C=O) groups excluding carboxylic acids is 2. The van der Waals surface area contributed by atoms with E-state index in [-0.39, 0.29) is 18.5 Å². The first-order chi connectivity index (χ1) is 12.6. The van der Waals surface area contributed by atoms with Gasteiger partial charge in [0.25, 0.3) is 5.91 Å². The highest BCUT2D eigenvalue weighted by Gasteiger charge is 2.10.